The van der Waals surface area contributed by atoms with E-state index in [9.17, 15) is 4.79 Å². The zero-order valence-electron chi connectivity index (χ0n) is 14.9. The molecule has 0 spiro atoms. The van der Waals surface area contributed by atoms with Crippen LogP contribution in [0.15, 0.2) is 36.9 Å². The summed E-state index contributed by atoms with van der Waals surface area (Å²) in [5.74, 6) is 1.51. The highest BCUT2D eigenvalue weighted by Crippen LogP contribution is 2.33. The van der Waals surface area contributed by atoms with Crippen molar-refractivity contribution >= 4 is 22.4 Å². The Bertz CT molecular complexity index is 769. The highest BCUT2D eigenvalue weighted by atomic mass is 32.1. The highest BCUT2D eigenvalue weighted by Gasteiger charge is 2.24. The van der Waals surface area contributed by atoms with Crippen molar-refractivity contribution in [3.05, 3.63) is 53.1 Å². The number of hydrogen-bond donors (Lipinski definition) is 0. The van der Waals surface area contributed by atoms with E-state index in [1.165, 1.54) is 36.3 Å². The zero-order valence-corrected chi connectivity index (χ0v) is 15.8. The number of carbonyl (C=O) groups is 1. The van der Waals surface area contributed by atoms with Crippen molar-refractivity contribution in [1.29, 1.82) is 0 Å². The number of amides is 1. The Kier molecular flexibility index (Phi) is 5.07. The van der Waals surface area contributed by atoms with E-state index in [4.69, 9.17) is 9.72 Å². The largest absolute Gasteiger partial charge is 0.493 e. The molecule has 0 aliphatic heterocycles. The van der Waals surface area contributed by atoms with Crippen LogP contribution in [-0.2, 0) is 12.8 Å². The first-order valence-corrected chi connectivity index (χ1v) is 10.2. The second-order valence-corrected chi connectivity index (χ2v) is 8.12. The van der Waals surface area contributed by atoms with Gasteiger partial charge < -0.3 is 4.74 Å². The second-order valence-electron chi connectivity index (χ2n) is 7.06. The summed E-state index contributed by atoms with van der Waals surface area (Å²) < 4.78 is 5.76. The van der Waals surface area contributed by atoms with Crippen LogP contribution in [0, 0.1) is 5.92 Å². The summed E-state index contributed by atoms with van der Waals surface area (Å²) in [5, 5.41) is 0.788. The van der Waals surface area contributed by atoms with Gasteiger partial charge in [-0.1, -0.05) is 6.08 Å². The quantitative estimate of drug-likeness (QED) is 0.669. The lowest BCUT2D eigenvalue weighted by molar-refractivity contribution is 0.0989. The molecule has 1 aromatic carbocycles. The minimum Gasteiger partial charge on any atom is -0.493 e. The Morgan fingerprint density at radius 3 is 2.73 bits per heavy atom. The minimum absolute atomic E-state index is 0.0373. The molecular formula is C21H24N2O2S. The van der Waals surface area contributed by atoms with Crippen LogP contribution in [0.3, 0.4) is 0 Å². The van der Waals surface area contributed by atoms with Gasteiger partial charge in [0, 0.05) is 17.0 Å². The van der Waals surface area contributed by atoms with E-state index in [1.54, 1.807) is 22.3 Å². The number of benzene rings is 1. The smallest absolute Gasteiger partial charge is 0.260 e. The SMILES string of the molecule is C=CCN(C(=O)c1ccc(OCC2CC2)cc1)c1nc2c(s1)CCCC2. The Labute approximate surface area is 158 Å². The molecule has 1 saturated carbocycles. The Morgan fingerprint density at radius 2 is 2.04 bits per heavy atom. The number of ether oxygens (including phenoxy) is 1. The summed E-state index contributed by atoms with van der Waals surface area (Å²) in [6.07, 6.45) is 8.80. The first-order valence-electron chi connectivity index (χ1n) is 9.39. The molecule has 1 aromatic heterocycles. The molecule has 0 atom stereocenters. The van der Waals surface area contributed by atoms with Crippen LogP contribution in [0.25, 0.3) is 0 Å². The second kappa shape index (κ2) is 7.62. The maximum atomic E-state index is 13.0. The number of nitrogens with zero attached hydrogens (tertiary/aromatic N) is 2. The van der Waals surface area contributed by atoms with Crippen LogP contribution >= 0.6 is 11.3 Å². The van der Waals surface area contributed by atoms with Gasteiger partial charge in [0.2, 0.25) is 0 Å². The maximum absolute atomic E-state index is 13.0. The van der Waals surface area contributed by atoms with Crippen molar-refractivity contribution in [2.45, 2.75) is 38.5 Å². The van der Waals surface area contributed by atoms with E-state index in [2.05, 4.69) is 6.58 Å². The van der Waals surface area contributed by atoms with E-state index in [0.29, 0.717) is 12.1 Å². The van der Waals surface area contributed by atoms with Crippen LogP contribution in [-0.4, -0.2) is 24.0 Å². The summed E-state index contributed by atoms with van der Waals surface area (Å²) in [7, 11) is 0. The standard InChI is InChI=1S/C21H24N2O2S/c1-2-13-23(21-22-18-5-3-4-6-19(18)26-21)20(24)16-9-11-17(12-10-16)25-14-15-7-8-15/h2,9-12,15H,1,3-8,13-14H2. The van der Waals surface area contributed by atoms with Gasteiger partial charge in [0.15, 0.2) is 5.13 Å². The molecule has 2 aliphatic carbocycles. The fourth-order valence-corrected chi connectivity index (χ4v) is 4.33. The van der Waals surface area contributed by atoms with Crippen LogP contribution < -0.4 is 9.64 Å². The molecule has 0 saturated heterocycles. The van der Waals surface area contributed by atoms with Crippen LogP contribution in [0.1, 0.15) is 46.6 Å². The number of fused-ring (bicyclic) bond motifs is 1. The molecule has 5 heteroatoms. The van der Waals surface area contributed by atoms with Gasteiger partial charge in [0.1, 0.15) is 5.75 Å². The lowest BCUT2D eigenvalue weighted by atomic mass is 10.0. The van der Waals surface area contributed by atoms with Crippen molar-refractivity contribution in [2.75, 3.05) is 18.1 Å². The molecule has 2 aromatic rings. The summed E-state index contributed by atoms with van der Waals surface area (Å²) >= 11 is 1.65. The molecule has 1 fully saturated rings. The molecule has 0 bridgehead atoms. The van der Waals surface area contributed by atoms with E-state index in [0.717, 1.165) is 36.2 Å². The fourth-order valence-electron chi connectivity index (χ4n) is 3.18. The topological polar surface area (TPSA) is 42.4 Å². The van der Waals surface area contributed by atoms with Gasteiger partial charge in [-0.15, -0.1) is 17.9 Å². The van der Waals surface area contributed by atoms with E-state index in [1.807, 2.05) is 24.3 Å². The normalized spacial score (nSPS) is 16.0. The molecule has 0 radical (unpaired) electrons. The molecule has 26 heavy (non-hydrogen) atoms. The highest BCUT2D eigenvalue weighted by molar-refractivity contribution is 7.16. The van der Waals surface area contributed by atoms with Crippen molar-refractivity contribution in [1.82, 2.24) is 4.98 Å². The van der Waals surface area contributed by atoms with Gasteiger partial charge >= 0.3 is 0 Å². The summed E-state index contributed by atoms with van der Waals surface area (Å²) in [6, 6.07) is 7.45. The number of hydrogen-bond acceptors (Lipinski definition) is 4. The van der Waals surface area contributed by atoms with Gasteiger partial charge in [-0.3, -0.25) is 9.69 Å². The van der Waals surface area contributed by atoms with Gasteiger partial charge in [0.05, 0.1) is 12.3 Å². The third-order valence-electron chi connectivity index (χ3n) is 4.91. The predicted molar refractivity (Wildman–Crippen MR) is 105 cm³/mol. The van der Waals surface area contributed by atoms with Gasteiger partial charge in [-0.05, 0) is 68.7 Å². The zero-order chi connectivity index (χ0) is 17.9. The first kappa shape index (κ1) is 17.3. The average Bonchev–Trinajstić information content (AvgIpc) is 3.41. The third-order valence-corrected chi connectivity index (χ3v) is 6.09. The van der Waals surface area contributed by atoms with E-state index >= 15 is 0 Å². The molecule has 136 valence electrons. The number of carbonyl (C=O) groups excluding carboxylic acids is 1. The van der Waals surface area contributed by atoms with Crippen molar-refractivity contribution in [3.8, 4) is 5.75 Å². The molecular weight excluding hydrogens is 344 g/mol. The number of rotatable bonds is 7. The molecule has 4 rings (SSSR count). The minimum atomic E-state index is -0.0373. The first-order chi connectivity index (χ1) is 12.7. The van der Waals surface area contributed by atoms with E-state index < -0.39 is 0 Å². The van der Waals surface area contributed by atoms with Crippen LogP contribution in [0.5, 0.6) is 5.75 Å². The molecule has 0 unspecified atom stereocenters. The third kappa shape index (κ3) is 3.83. The van der Waals surface area contributed by atoms with Gasteiger partial charge in [-0.25, -0.2) is 4.98 Å². The van der Waals surface area contributed by atoms with E-state index in [-0.39, 0.29) is 5.91 Å². The molecule has 2 aliphatic rings. The maximum Gasteiger partial charge on any atom is 0.260 e. The van der Waals surface area contributed by atoms with Crippen LogP contribution in [0.4, 0.5) is 5.13 Å². The monoisotopic (exact) mass is 368 g/mol. The Balaban J connectivity index is 1.50. The van der Waals surface area contributed by atoms with Gasteiger partial charge in [-0.2, -0.15) is 0 Å². The lowest BCUT2D eigenvalue weighted by Crippen LogP contribution is -2.31. The van der Waals surface area contributed by atoms with Crippen LogP contribution in [0.2, 0.25) is 0 Å². The Hall–Kier alpha value is -2.14. The molecule has 1 amide bonds. The van der Waals surface area contributed by atoms with Crippen molar-refractivity contribution in [2.24, 2.45) is 5.92 Å². The van der Waals surface area contributed by atoms with Crippen molar-refractivity contribution in [3.63, 3.8) is 0 Å². The fraction of sp³-hybridized carbons (Fsp3) is 0.429. The molecule has 1 heterocycles. The summed E-state index contributed by atoms with van der Waals surface area (Å²) in [5.41, 5.74) is 1.82. The molecule has 4 nitrogen and oxygen atoms in total. The summed E-state index contributed by atoms with van der Waals surface area (Å²) in [4.78, 5) is 20.8. The molecule has 0 N–H and O–H groups in total. The predicted octanol–water partition coefficient (Wildman–Crippen LogP) is 4.64. The number of aryl methyl sites for hydroxylation is 2. The summed E-state index contributed by atoms with van der Waals surface area (Å²) in [6.45, 7) is 5.05. The number of thiazole rings is 1. The van der Waals surface area contributed by atoms with Gasteiger partial charge in [0.25, 0.3) is 5.91 Å². The number of aromatic nitrogens is 1. The van der Waals surface area contributed by atoms with Crippen molar-refractivity contribution < 1.29 is 9.53 Å². The lowest BCUT2D eigenvalue weighted by Gasteiger charge is -2.18. The average molecular weight is 369 g/mol. The Morgan fingerprint density at radius 1 is 1.27 bits per heavy atom. The number of anilines is 1.